The molecule has 0 aliphatic heterocycles. The number of rotatable bonds is 3. The maximum absolute atomic E-state index is 12.2. The number of hydrogen-bond acceptors (Lipinski definition) is 2. The molecule has 0 spiro atoms. The quantitative estimate of drug-likeness (QED) is 0.791. The number of carbonyl (C=O) groups excluding carboxylic acids is 1. The average molecular weight is 280 g/mol. The molecule has 0 aliphatic carbocycles. The van der Waals surface area contributed by atoms with Crippen LogP contribution in [0.5, 0.6) is 0 Å². The molecule has 0 radical (unpaired) electrons. The molecule has 2 nitrogen and oxygen atoms in total. The lowest BCUT2D eigenvalue weighted by Crippen LogP contribution is -2.07. The first-order chi connectivity index (χ1) is 8.58. The van der Waals surface area contributed by atoms with Gasteiger partial charge in [-0.3, -0.25) is 9.78 Å². The van der Waals surface area contributed by atoms with Gasteiger partial charge in [-0.2, -0.15) is 0 Å². The molecule has 0 atom stereocenters. The topological polar surface area (TPSA) is 30.0 Å². The molecular weight excluding hydrogens is 269 g/mol. The second-order valence-electron chi connectivity index (χ2n) is 3.97. The van der Waals surface area contributed by atoms with E-state index in [9.17, 15) is 4.79 Å². The number of aryl methyl sites for hydroxylation is 1. The van der Waals surface area contributed by atoms with Gasteiger partial charge >= 0.3 is 0 Å². The van der Waals surface area contributed by atoms with Crippen LogP contribution in [0, 0.1) is 6.92 Å². The first-order valence-corrected chi connectivity index (χ1v) is 6.22. The molecule has 0 N–H and O–H groups in total. The Labute approximate surface area is 116 Å². The Morgan fingerprint density at radius 1 is 1.28 bits per heavy atom. The SMILES string of the molecule is Cc1ncccc1C(=O)Cc1cc(Cl)ccc1Cl. The Morgan fingerprint density at radius 3 is 2.78 bits per heavy atom. The van der Waals surface area contributed by atoms with Crippen molar-refractivity contribution in [2.24, 2.45) is 0 Å². The minimum Gasteiger partial charge on any atom is -0.294 e. The van der Waals surface area contributed by atoms with Crippen LogP contribution in [0.25, 0.3) is 0 Å². The number of nitrogens with zero attached hydrogens (tertiary/aromatic N) is 1. The first kappa shape index (κ1) is 13.1. The molecule has 0 fully saturated rings. The Morgan fingerprint density at radius 2 is 2.06 bits per heavy atom. The highest BCUT2D eigenvalue weighted by Gasteiger charge is 2.12. The molecule has 0 aliphatic rings. The van der Waals surface area contributed by atoms with Gasteiger partial charge in [0.05, 0.1) is 0 Å². The number of halogens is 2. The van der Waals surface area contributed by atoms with Crippen molar-refractivity contribution in [1.82, 2.24) is 4.98 Å². The van der Waals surface area contributed by atoms with Crippen LogP contribution in [-0.4, -0.2) is 10.8 Å². The van der Waals surface area contributed by atoms with Crippen LogP contribution in [0.2, 0.25) is 10.0 Å². The van der Waals surface area contributed by atoms with Crippen LogP contribution in [-0.2, 0) is 6.42 Å². The summed E-state index contributed by atoms with van der Waals surface area (Å²) < 4.78 is 0. The van der Waals surface area contributed by atoms with Gasteiger partial charge in [-0.25, -0.2) is 0 Å². The van der Waals surface area contributed by atoms with Gasteiger partial charge in [0.15, 0.2) is 5.78 Å². The van der Waals surface area contributed by atoms with Crippen molar-refractivity contribution in [2.45, 2.75) is 13.3 Å². The molecule has 0 amide bonds. The highest BCUT2D eigenvalue weighted by atomic mass is 35.5. The maximum atomic E-state index is 12.2. The van der Waals surface area contributed by atoms with Crippen molar-refractivity contribution in [3.05, 3.63) is 63.4 Å². The third-order valence-electron chi connectivity index (χ3n) is 2.67. The fraction of sp³-hybridized carbons (Fsp3) is 0.143. The highest BCUT2D eigenvalue weighted by molar-refractivity contribution is 6.33. The van der Waals surface area contributed by atoms with Gasteiger partial charge in [0.25, 0.3) is 0 Å². The number of aromatic nitrogens is 1. The normalized spacial score (nSPS) is 10.4. The highest BCUT2D eigenvalue weighted by Crippen LogP contribution is 2.22. The summed E-state index contributed by atoms with van der Waals surface area (Å²) in [5.41, 5.74) is 2.08. The van der Waals surface area contributed by atoms with Gasteiger partial charge in [0, 0.05) is 33.9 Å². The summed E-state index contributed by atoms with van der Waals surface area (Å²) in [6.07, 6.45) is 1.89. The van der Waals surface area contributed by atoms with Gasteiger partial charge in [0.2, 0.25) is 0 Å². The van der Waals surface area contributed by atoms with E-state index in [0.29, 0.717) is 15.6 Å². The average Bonchev–Trinajstić information content (AvgIpc) is 2.34. The third-order valence-corrected chi connectivity index (χ3v) is 3.27. The first-order valence-electron chi connectivity index (χ1n) is 5.46. The van der Waals surface area contributed by atoms with Crippen molar-refractivity contribution in [2.75, 3.05) is 0 Å². The number of hydrogen-bond donors (Lipinski definition) is 0. The zero-order valence-corrected chi connectivity index (χ0v) is 11.3. The van der Waals surface area contributed by atoms with Crippen molar-refractivity contribution >= 4 is 29.0 Å². The van der Waals surface area contributed by atoms with Crippen molar-refractivity contribution in [3.63, 3.8) is 0 Å². The van der Waals surface area contributed by atoms with E-state index in [1.165, 1.54) is 0 Å². The van der Waals surface area contributed by atoms with Crippen LogP contribution < -0.4 is 0 Å². The van der Waals surface area contributed by atoms with Gasteiger partial charge in [-0.15, -0.1) is 0 Å². The van der Waals surface area contributed by atoms with E-state index in [4.69, 9.17) is 23.2 Å². The van der Waals surface area contributed by atoms with E-state index in [1.54, 1.807) is 36.5 Å². The molecule has 1 aromatic heterocycles. The van der Waals surface area contributed by atoms with Gasteiger partial charge < -0.3 is 0 Å². The second kappa shape index (κ2) is 5.51. The van der Waals surface area contributed by atoms with Crippen LogP contribution in [0.3, 0.4) is 0 Å². The summed E-state index contributed by atoms with van der Waals surface area (Å²) in [6, 6.07) is 8.63. The van der Waals surface area contributed by atoms with Crippen molar-refractivity contribution in [3.8, 4) is 0 Å². The Hall–Kier alpha value is -1.38. The standard InChI is InChI=1S/C14H11Cl2NO/c1-9-12(3-2-6-17-9)14(18)8-10-7-11(15)4-5-13(10)16/h2-7H,8H2,1H3. The van der Waals surface area contributed by atoms with E-state index in [2.05, 4.69) is 4.98 Å². The maximum Gasteiger partial charge on any atom is 0.169 e. The summed E-state index contributed by atoms with van der Waals surface area (Å²) in [5.74, 6) is -0.00948. The summed E-state index contributed by atoms with van der Waals surface area (Å²) >= 11 is 11.9. The molecule has 0 saturated carbocycles. The van der Waals surface area contributed by atoms with Crippen LogP contribution in [0.4, 0.5) is 0 Å². The molecular formula is C14H11Cl2NO. The summed E-state index contributed by atoms with van der Waals surface area (Å²) in [4.78, 5) is 16.3. The Bertz CT molecular complexity index is 596. The molecule has 0 unspecified atom stereocenters. The zero-order valence-electron chi connectivity index (χ0n) is 9.78. The van der Waals surface area contributed by atoms with Gasteiger partial charge in [0.1, 0.15) is 0 Å². The number of carbonyl (C=O) groups is 1. The number of Topliss-reactive ketones (excluding diaryl/α,β-unsaturated/α-hetero) is 1. The van der Waals surface area contributed by atoms with E-state index in [-0.39, 0.29) is 12.2 Å². The monoisotopic (exact) mass is 279 g/mol. The number of benzene rings is 1. The molecule has 18 heavy (non-hydrogen) atoms. The lowest BCUT2D eigenvalue weighted by Gasteiger charge is -2.06. The number of pyridine rings is 1. The summed E-state index contributed by atoms with van der Waals surface area (Å²) in [5, 5.41) is 1.12. The van der Waals surface area contributed by atoms with Crippen LogP contribution >= 0.6 is 23.2 Å². The fourth-order valence-electron chi connectivity index (χ4n) is 1.73. The Balaban J connectivity index is 2.27. The molecule has 0 saturated heterocycles. The minimum atomic E-state index is -0.00948. The van der Waals surface area contributed by atoms with Gasteiger partial charge in [-0.05, 0) is 42.8 Å². The molecule has 4 heteroatoms. The van der Waals surface area contributed by atoms with E-state index in [0.717, 1.165) is 11.3 Å². The lowest BCUT2D eigenvalue weighted by molar-refractivity contribution is 0.0992. The van der Waals surface area contributed by atoms with Crippen molar-refractivity contribution in [1.29, 1.82) is 0 Å². The molecule has 2 aromatic rings. The number of ketones is 1. The smallest absolute Gasteiger partial charge is 0.169 e. The predicted molar refractivity (Wildman–Crippen MR) is 73.5 cm³/mol. The summed E-state index contributed by atoms with van der Waals surface area (Å²) in [7, 11) is 0. The zero-order chi connectivity index (χ0) is 13.1. The predicted octanol–water partition coefficient (Wildman–Crippen LogP) is 4.12. The van der Waals surface area contributed by atoms with Crippen molar-refractivity contribution < 1.29 is 4.79 Å². The molecule has 1 heterocycles. The van der Waals surface area contributed by atoms with Gasteiger partial charge in [-0.1, -0.05) is 23.2 Å². The largest absolute Gasteiger partial charge is 0.294 e. The third kappa shape index (κ3) is 2.89. The van der Waals surface area contributed by atoms with Crippen LogP contribution in [0.1, 0.15) is 21.6 Å². The summed E-state index contributed by atoms with van der Waals surface area (Å²) in [6.45, 7) is 1.81. The molecule has 1 aromatic carbocycles. The Kier molecular flexibility index (Phi) is 4.00. The molecule has 92 valence electrons. The minimum absolute atomic E-state index is 0.00948. The molecule has 2 rings (SSSR count). The van der Waals surface area contributed by atoms with E-state index in [1.807, 2.05) is 6.92 Å². The second-order valence-corrected chi connectivity index (χ2v) is 4.82. The molecule has 0 bridgehead atoms. The van der Waals surface area contributed by atoms with Crippen LogP contribution in [0.15, 0.2) is 36.5 Å². The van der Waals surface area contributed by atoms with E-state index < -0.39 is 0 Å². The fourth-order valence-corrected chi connectivity index (χ4v) is 2.11. The lowest BCUT2D eigenvalue weighted by atomic mass is 10.0. The van der Waals surface area contributed by atoms with E-state index >= 15 is 0 Å².